The van der Waals surface area contributed by atoms with Crippen molar-refractivity contribution in [3.63, 3.8) is 0 Å². The number of aromatic nitrogens is 2. The highest BCUT2D eigenvalue weighted by atomic mass is 35.5. The Morgan fingerprint density at radius 1 is 1.11 bits per heavy atom. The number of H-pyrrole nitrogens is 1. The molecule has 1 aliphatic heterocycles. The van der Waals surface area contributed by atoms with Crippen LogP contribution < -0.4 is 16.0 Å². The van der Waals surface area contributed by atoms with Gasteiger partial charge in [-0.1, -0.05) is 49.2 Å². The highest BCUT2D eigenvalue weighted by Gasteiger charge is 2.51. The number of aromatic amines is 1. The standard InChI is InChI=1S/C35H45ClN6O4/c1-5-37-31(43)28(21-9-8-10-21)40-32(44)35(17-18-46-20-35)22-13-14-25-26(19-22)39-30(38-25)29(41-33(45)42(3)4)27(34(2)15-16-34)23-11-6-7-12-24(23)36/h6-7,11-14,19,21,27-29H,5,8-10,15-18,20H2,1-4H3,(H,37,43)(H,38,39)(H,40,44)(H,41,45)/t27-,28+,29-,35?/m0/s1. The van der Waals surface area contributed by atoms with Gasteiger partial charge in [-0.2, -0.15) is 0 Å². The Kier molecular flexibility index (Phi) is 9.04. The molecule has 0 spiro atoms. The second-order valence-corrected chi connectivity index (χ2v) is 14.2. The van der Waals surface area contributed by atoms with E-state index in [-0.39, 0.29) is 41.7 Å². The second-order valence-electron chi connectivity index (χ2n) is 13.8. The van der Waals surface area contributed by atoms with Crippen LogP contribution >= 0.6 is 11.6 Å². The van der Waals surface area contributed by atoms with Gasteiger partial charge in [-0.15, -0.1) is 0 Å². The molecule has 2 heterocycles. The van der Waals surface area contributed by atoms with Gasteiger partial charge in [0.2, 0.25) is 11.8 Å². The summed E-state index contributed by atoms with van der Waals surface area (Å²) in [6, 6.07) is 12.4. The van der Waals surface area contributed by atoms with E-state index in [2.05, 4.69) is 27.9 Å². The molecule has 3 aliphatic rings. The summed E-state index contributed by atoms with van der Waals surface area (Å²) in [6.07, 6.45) is 5.44. The Bertz CT molecular complexity index is 1610. The third-order valence-electron chi connectivity index (χ3n) is 10.4. The number of nitrogens with one attached hydrogen (secondary N) is 4. The third kappa shape index (κ3) is 6.09. The highest BCUT2D eigenvalue weighted by Crippen LogP contribution is 2.60. The van der Waals surface area contributed by atoms with Crippen LogP contribution in [0, 0.1) is 11.3 Å². The summed E-state index contributed by atoms with van der Waals surface area (Å²) in [4.78, 5) is 50.3. The molecule has 10 nitrogen and oxygen atoms in total. The number of likely N-dealkylation sites (N-methyl/N-ethyl adjacent to an activating group) is 1. The molecule has 4 atom stereocenters. The molecule has 246 valence electrons. The zero-order valence-corrected chi connectivity index (χ0v) is 27.9. The largest absolute Gasteiger partial charge is 0.380 e. The van der Waals surface area contributed by atoms with Crippen LogP contribution in [-0.2, 0) is 19.7 Å². The van der Waals surface area contributed by atoms with Crippen LogP contribution in [0.3, 0.4) is 0 Å². The zero-order chi connectivity index (χ0) is 32.6. The van der Waals surface area contributed by atoms with Crippen molar-refractivity contribution in [2.45, 2.75) is 75.8 Å². The Morgan fingerprint density at radius 2 is 1.87 bits per heavy atom. The van der Waals surface area contributed by atoms with E-state index < -0.39 is 17.5 Å². The number of carbonyl (C=O) groups excluding carboxylic acids is 3. The SMILES string of the molecule is CCNC(=O)[C@H](NC(=O)C1(c2ccc3nc([C@@H](NC(=O)N(C)C)[C@H](c4ccccc4Cl)C4(C)CC4)[nH]c3c2)CCOC1)C1CCC1. The first-order chi connectivity index (χ1) is 22.1. The topological polar surface area (TPSA) is 128 Å². The van der Waals surface area contributed by atoms with Crippen molar-refractivity contribution in [2.75, 3.05) is 33.9 Å². The van der Waals surface area contributed by atoms with Crippen LogP contribution in [0.2, 0.25) is 5.02 Å². The van der Waals surface area contributed by atoms with Gasteiger partial charge in [0.05, 0.1) is 29.1 Å². The molecule has 3 fully saturated rings. The van der Waals surface area contributed by atoms with Crippen LogP contribution in [0.5, 0.6) is 0 Å². The molecule has 4 N–H and O–H groups in total. The molecular weight excluding hydrogens is 604 g/mol. The fourth-order valence-electron chi connectivity index (χ4n) is 7.08. The second kappa shape index (κ2) is 12.9. The molecule has 0 bridgehead atoms. The predicted octanol–water partition coefficient (Wildman–Crippen LogP) is 5.19. The quantitative estimate of drug-likeness (QED) is 0.228. The van der Waals surface area contributed by atoms with Crippen molar-refractivity contribution in [2.24, 2.45) is 11.3 Å². The summed E-state index contributed by atoms with van der Waals surface area (Å²) in [6.45, 7) is 5.31. The van der Waals surface area contributed by atoms with Crippen LogP contribution in [-0.4, -0.2) is 72.6 Å². The molecule has 46 heavy (non-hydrogen) atoms. The maximum atomic E-state index is 14.1. The number of hydrogen-bond acceptors (Lipinski definition) is 5. The predicted molar refractivity (Wildman–Crippen MR) is 178 cm³/mol. The van der Waals surface area contributed by atoms with Crippen LogP contribution in [0.15, 0.2) is 42.5 Å². The molecule has 1 aromatic heterocycles. The summed E-state index contributed by atoms with van der Waals surface area (Å²) in [5.41, 5.74) is 2.26. The number of halogens is 1. The van der Waals surface area contributed by atoms with E-state index in [1.165, 1.54) is 4.90 Å². The van der Waals surface area contributed by atoms with Gasteiger partial charge >= 0.3 is 6.03 Å². The molecule has 2 aliphatic carbocycles. The Morgan fingerprint density at radius 3 is 2.48 bits per heavy atom. The maximum Gasteiger partial charge on any atom is 0.317 e. The molecular formula is C35H45ClN6O4. The molecule has 11 heteroatoms. The van der Waals surface area contributed by atoms with Gasteiger partial charge < -0.3 is 30.6 Å². The molecule has 2 aromatic carbocycles. The lowest BCUT2D eigenvalue weighted by Crippen LogP contribution is -2.57. The minimum absolute atomic E-state index is 0.0657. The summed E-state index contributed by atoms with van der Waals surface area (Å²) in [5, 5.41) is 9.93. The van der Waals surface area contributed by atoms with E-state index in [1.54, 1.807) is 14.1 Å². The fourth-order valence-corrected chi connectivity index (χ4v) is 7.33. The number of urea groups is 1. The first-order valence-corrected chi connectivity index (χ1v) is 16.8. The molecule has 1 saturated heterocycles. The lowest BCUT2D eigenvalue weighted by atomic mass is 9.76. The van der Waals surface area contributed by atoms with Gasteiger partial charge in [0.15, 0.2) is 0 Å². The average molecular weight is 649 g/mol. The number of carbonyl (C=O) groups is 3. The molecule has 0 radical (unpaired) electrons. The Hall–Kier alpha value is -3.63. The minimum Gasteiger partial charge on any atom is -0.380 e. The monoisotopic (exact) mass is 648 g/mol. The van der Waals surface area contributed by atoms with E-state index in [4.69, 9.17) is 21.3 Å². The summed E-state index contributed by atoms with van der Waals surface area (Å²) in [5.74, 6) is 0.322. The van der Waals surface area contributed by atoms with Crippen molar-refractivity contribution in [3.8, 4) is 0 Å². The summed E-state index contributed by atoms with van der Waals surface area (Å²) in [7, 11) is 3.44. The van der Waals surface area contributed by atoms with Crippen molar-refractivity contribution in [1.82, 2.24) is 30.8 Å². The number of ether oxygens (including phenoxy) is 1. The van der Waals surface area contributed by atoms with Crippen molar-refractivity contribution in [1.29, 1.82) is 0 Å². The fraction of sp³-hybridized carbons (Fsp3) is 0.543. The number of nitrogens with zero attached hydrogens (tertiary/aromatic N) is 2. The first kappa shape index (κ1) is 32.3. The van der Waals surface area contributed by atoms with Gasteiger partial charge in [-0.3, -0.25) is 9.59 Å². The van der Waals surface area contributed by atoms with E-state index in [0.717, 1.165) is 54.3 Å². The number of rotatable bonds is 11. The average Bonchev–Trinajstić information content (AvgIpc) is 3.38. The number of imidazole rings is 1. The van der Waals surface area contributed by atoms with E-state index in [9.17, 15) is 14.4 Å². The summed E-state index contributed by atoms with van der Waals surface area (Å²) < 4.78 is 5.83. The molecule has 6 rings (SSSR count). The minimum atomic E-state index is -0.936. The third-order valence-corrected chi connectivity index (χ3v) is 10.7. The molecule has 4 amide bonds. The smallest absolute Gasteiger partial charge is 0.317 e. The van der Waals surface area contributed by atoms with Crippen molar-refractivity contribution < 1.29 is 19.1 Å². The van der Waals surface area contributed by atoms with Gasteiger partial charge in [0.1, 0.15) is 11.9 Å². The van der Waals surface area contributed by atoms with Gasteiger partial charge in [0.25, 0.3) is 0 Å². The van der Waals surface area contributed by atoms with Gasteiger partial charge in [0, 0.05) is 38.2 Å². The van der Waals surface area contributed by atoms with Crippen LogP contribution in [0.25, 0.3) is 11.0 Å². The van der Waals surface area contributed by atoms with Crippen LogP contribution in [0.4, 0.5) is 4.79 Å². The van der Waals surface area contributed by atoms with Gasteiger partial charge in [-0.05, 0) is 79.7 Å². The Labute approximate surface area is 275 Å². The Balaban J connectivity index is 1.36. The van der Waals surface area contributed by atoms with Gasteiger partial charge in [-0.25, -0.2) is 9.78 Å². The highest BCUT2D eigenvalue weighted by molar-refractivity contribution is 6.31. The zero-order valence-electron chi connectivity index (χ0n) is 27.1. The van der Waals surface area contributed by atoms with Crippen LogP contribution in [0.1, 0.15) is 81.3 Å². The number of benzene rings is 2. The van der Waals surface area contributed by atoms with Crippen molar-refractivity contribution >= 4 is 40.5 Å². The molecule has 1 unspecified atom stereocenters. The number of fused-ring (bicyclic) bond motifs is 1. The molecule has 2 saturated carbocycles. The summed E-state index contributed by atoms with van der Waals surface area (Å²) >= 11 is 6.78. The van der Waals surface area contributed by atoms with E-state index >= 15 is 0 Å². The number of hydrogen-bond donors (Lipinski definition) is 4. The lowest BCUT2D eigenvalue weighted by molar-refractivity contribution is -0.134. The lowest BCUT2D eigenvalue weighted by Gasteiger charge is -2.36. The number of amides is 4. The normalized spacial score (nSPS) is 22.4. The first-order valence-electron chi connectivity index (χ1n) is 16.4. The van der Waals surface area contributed by atoms with E-state index in [0.29, 0.717) is 30.4 Å². The van der Waals surface area contributed by atoms with E-state index in [1.807, 2.05) is 49.4 Å². The van der Waals surface area contributed by atoms with Crippen molar-refractivity contribution in [3.05, 3.63) is 64.4 Å². The maximum absolute atomic E-state index is 14.1. The molecule has 3 aromatic rings.